The fourth-order valence-electron chi connectivity index (χ4n) is 2.41. The number of aromatic nitrogens is 1. The monoisotopic (exact) mass is 326 g/mol. The molecular formula is C13H15BrN2O3. The molecule has 1 aliphatic rings. The highest BCUT2D eigenvalue weighted by molar-refractivity contribution is 9.10. The number of likely N-dealkylation sites (tertiary alicyclic amines) is 1. The van der Waals surface area contributed by atoms with E-state index in [0.29, 0.717) is 25.1 Å². The molecule has 1 aromatic rings. The molecule has 19 heavy (non-hydrogen) atoms. The third kappa shape index (κ3) is 2.94. The number of piperidine rings is 1. The van der Waals surface area contributed by atoms with Gasteiger partial charge in [0.25, 0.3) is 5.91 Å². The number of carboxylic acid groups (broad SMARTS) is 1. The van der Waals surface area contributed by atoms with Crippen LogP contribution in [0, 0.1) is 5.92 Å². The average Bonchev–Trinajstić information content (AvgIpc) is 2.38. The first-order valence-corrected chi connectivity index (χ1v) is 6.95. The first-order chi connectivity index (χ1) is 9.00. The Labute approximate surface area is 119 Å². The van der Waals surface area contributed by atoms with Crippen molar-refractivity contribution in [2.75, 3.05) is 6.54 Å². The van der Waals surface area contributed by atoms with E-state index in [1.807, 2.05) is 0 Å². The van der Waals surface area contributed by atoms with Crippen molar-refractivity contribution in [3.05, 3.63) is 28.5 Å². The van der Waals surface area contributed by atoms with Crippen molar-refractivity contribution in [2.24, 2.45) is 5.92 Å². The van der Waals surface area contributed by atoms with Crippen molar-refractivity contribution in [1.29, 1.82) is 0 Å². The molecule has 102 valence electrons. The van der Waals surface area contributed by atoms with Crippen molar-refractivity contribution in [1.82, 2.24) is 9.88 Å². The molecule has 0 bridgehead atoms. The predicted octanol–water partition coefficient (Wildman–Crippen LogP) is 2.17. The molecule has 6 heteroatoms. The van der Waals surface area contributed by atoms with E-state index < -0.39 is 11.9 Å². The van der Waals surface area contributed by atoms with Gasteiger partial charge in [-0.05, 0) is 47.8 Å². The van der Waals surface area contributed by atoms with Crippen LogP contribution in [-0.2, 0) is 4.79 Å². The number of carbonyl (C=O) groups is 2. The minimum Gasteiger partial charge on any atom is -0.481 e. The normalized spacial score (nSPS) is 23.2. The Morgan fingerprint density at radius 1 is 1.47 bits per heavy atom. The van der Waals surface area contributed by atoms with E-state index in [1.54, 1.807) is 30.2 Å². The summed E-state index contributed by atoms with van der Waals surface area (Å²) in [7, 11) is 0. The Morgan fingerprint density at radius 3 is 2.79 bits per heavy atom. The Hall–Kier alpha value is -1.43. The van der Waals surface area contributed by atoms with Crippen molar-refractivity contribution in [2.45, 2.75) is 25.8 Å². The highest BCUT2D eigenvalue weighted by atomic mass is 79.9. The summed E-state index contributed by atoms with van der Waals surface area (Å²) in [4.78, 5) is 29.2. The lowest BCUT2D eigenvalue weighted by Gasteiger charge is -2.37. The van der Waals surface area contributed by atoms with Gasteiger partial charge >= 0.3 is 5.97 Å². The van der Waals surface area contributed by atoms with E-state index in [1.165, 1.54) is 0 Å². The van der Waals surface area contributed by atoms with E-state index >= 15 is 0 Å². The number of nitrogens with zero attached hydrogens (tertiary/aromatic N) is 2. The lowest BCUT2D eigenvalue weighted by Crippen LogP contribution is -2.49. The maximum atomic E-state index is 12.3. The van der Waals surface area contributed by atoms with Crippen LogP contribution in [0.15, 0.2) is 22.8 Å². The van der Waals surface area contributed by atoms with Crippen molar-refractivity contribution >= 4 is 27.8 Å². The lowest BCUT2D eigenvalue weighted by atomic mass is 9.90. The number of hydrogen-bond acceptors (Lipinski definition) is 3. The van der Waals surface area contributed by atoms with E-state index in [-0.39, 0.29) is 11.9 Å². The van der Waals surface area contributed by atoms with Crippen LogP contribution < -0.4 is 0 Å². The molecule has 1 aromatic heterocycles. The molecule has 2 atom stereocenters. The van der Waals surface area contributed by atoms with Gasteiger partial charge in [-0.25, -0.2) is 4.98 Å². The van der Waals surface area contributed by atoms with Gasteiger partial charge in [0.2, 0.25) is 0 Å². The minimum absolute atomic E-state index is 0.203. The Bertz CT molecular complexity index is 489. The molecule has 0 spiro atoms. The number of halogens is 1. The summed E-state index contributed by atoms with van der Waals surface area (Å²) in [6.07, 6.45) is 2.90. The Morgan fingerprint density at radius 2 is 2.21 bits per heavy atom. The topological polar surface area (TPSA) is 70.5 Å². The number of carboxylic acids is 1. The zero-order valence-corrected chi connectivity index (χ0v) is 12.1. The summed E-state index contributed by atoms with van der Waals surface area (Å²) in [6, 6.07) is 3.09. The fraction of sp³-hybridized carbons (Fsp3) is 0.462. The highest BCUT2D eigenvalue weighted by Gasteiger charge is 2.35. The lowest BCUT2D eigenvalue weighted by molar-refractivity contribution is -0.144. The van der Waals surface area contributed by atoms with Crippen LogP contribution in [-0.4, -0.2) is 39.5 Å². The van der Waals surface area contributed by atoms with Crippen LogP contribution in [0.2, 0.25) is 0 Å². The third-order valence-electron chi connectivity index (χ3n) is 3.51. The van der Waals surface area contributed by atoms with Gasteiger partial charge in [0.05, 0.1) is 5.92 Å². The quantitative estimate of drug-likeness (QED) is 0.904. The molecule has 0 aromatic carbocycles. The van der Waals surface area contributed by atoms with Gasteiger partial charge in [-0.1, -0.05) is 0 Å². The second kappa shape index (κ2) is 5.69. The molecule has 1 fully saturated rings. The van der Waals surface area contributed by atoms with Crippen molar-refractivity contribution < 1.29 is 14.7 Å². The summed E-state index contributed by atoms with van der Waals surface area (Å²) >= 11 is 3.27. The average molecular weight is 327 g/mol. The Kier molecular flexibility index (Phi) is 4.19. The molecule has 1 aliphatic heterocycles. The number of hydrogen-bond donors (Lipinski definition) is 1. The predicted molar refractivity (Wildman–Crippen MR) is 72.8 cm³/mol. The number of carbonyl (C=O) groups excluding carboxylic acids is 1. The first kappa shape index (κ1) is 14.0. The van der Waals surface area contributed by atoms with E-state index in [0.717, 1.165) is 4.47 Å². The second-order valence-electron chi connectivity index (χ2n) is 4.69. The van der Waals surface area contributed by atoms with Crippen LogP contribution in [0.3, 0.4) is 0 Å². The van der Waals surface area contributed by atoms with Gasteiger partial charge < -0.3 is 10.0 Å². The zero-order valence-electron chi connectivity index (χ0n) is 10.5. The van der Waals surface area contributed by atoms with Crippen LogP contribution in [0.25, 0.3) is 0 Å². The van der Waals surface area contributed by atoms with Crippen molar-refractivity contribution in [3.63, 3.8) is 0 Å². The summed E-state index contributed by atoms with van der Waals surface area (Å²) < 4.78 is 0.805. The molecule has 0 aliphatic carbocycles. The molecule has 1 saturated heterocycles. The molecule has 5 nitrogen and oxygen atoms in total. The first-order valence-electron chi connectivity index (χ1n) is 6.16. The number of rotatable bonds is 2. The maximum Gasteiger partial charge on any atom is 0.308 e. The molecular weight excluding hydrogens is 312 g/mol. The van der Waals surface area contributed by atoms with Gasteiger partial charge in [-0.15, -0.1) is 0 Å². The second-order valence-corrected chi connectivity index (χ2v) is 5.60. The van der Waals surface area contributed by atoms with E-state index in [2.05, 4.69) is 20.9 Å². The van der Waals surface area contributed by atoms with Crippen LogP contribution >= 0.6 is 15.9 Å². The molecule has 0 unspecified atom stereocenters. The smallest absolute Gasteiger partial charge is 0.308 e. The third-order valence-corrected chi connectivity index (χ3v) is 3.98. The van der Waals surface area contributed by atoms with Crippen LogP contribution in [0.5, 0.6) is 0 Å². The molecule has 1 amide bonds. The number of amides is 1. The molecule has 2 heterocycles. The van der Waals surface area contributed by atoms with Gasteiger partial charge in [0.1, 0.15) is 5.69 Å². The fourth-order valence-corrected chi connectivity index (χ4v) is 2.64. The van der Waals surface area contributed by atoms with E-state index in [9.17, 15) is 9.59 Å². The number of pyridine rings is 1. The summed E-state index contributed by atoms with van der Waals surface area (Å²) in [5, 5.41) is 9.16. The number of aliphatic carboxylic acids is 1. The molecule has 2 rings (SSSR count). The summed E-state index contributed by atoms with van der Waals surface area (Å²) in [5.74, 6) is -1.53. The SMILES string of the molecule is C[C@@H]1[C@H](C(=O)O)CCCN1C(=O)c1ccc(Br)cn1. The summed E-state index contributed by atoms with van der Waals surface area (Å²) in [5.41, 5.74) is 0.348. The zero-order chi connectivity index (χ0) is 14.0. The molecule has 0 radical (unpaired) electrons. The van der Waals surface area contributed by atoms with Crippen molar-refractivity contribution in [3.8, 4) is 0 Å². The Balaban J connectivity index is 2.18. The van der Waals surface area contributed by atoms with Gasteiger partial charge in [0, 0.05) is 23.3 Å². The molecule has 0 saturated carbocycles. The minimum atomic E-state index is -0.839. The maximum absolute atomic E-state index is 12.3. The summed E-state index contributed by atoms with van der Waals surface area (Å²) in [6.45, 7) is 2.37. The molecule has 1 N–H and O–H groups in total. The van der Waals surface area contributed by atoms with Crippen LogP contribution in [0.4, 0.5) is 0 Å². The van der Waals surface area contributed by atoms with Crippen LogP contribution in [0.1, 0.15) is 30.3 Å². The van der Waals surface area contributed by atoms with Gasteiger partial charge in [-0.2, -0.15) is 0 Å². The van der Waals surface area contributed by atoms with E-state index in [4.69, 9.17) is 5.11 Å². The van der Waals surface area contributed by atoms with Gasteiger partial charge in [-0.3, -0.25) is 9.59 Å². The van der Waals surface area contributed by atoms with Gasteiger partial charge in [0.15, 0.2) is 0 Å². The largest absolute Gasteiger partial charge is 0.481 e. The highest BCUT2D eigenvalue weighted by Crippen LogP contribution is 2.25. The standard InChI is InChI=1S/C13H15BrN2O3/c1-8-10(13(18)19)3-2-6-16(8)12(17)11-5-4-9(14)7-15-11/h4-5,7-8,10H,2-3,6H2,1H3,(H,18,19)/t8-,10-/m1/s1.